The maximum absolute atomic E-state index is 14.0. The highest BCUT2D eigenvalue weighted by Gasteiger charge is 2.45. The summed E-state index contributed by atoms with van der Waals surface area (Å²) < 4.78 is 17.4. The molecule has 4 atom stereocenters. The Hall–Kier alpha value is -5.99. The highest BCUT2D eigenvalue weighted by molar-refractivity contribution is 6.00. The van der Waals surface area contributed by atoms with E-state index >= 15 is 0 Å². The third-order valence-corrected chi connectivity index (χ3v) is 14.5. The van der Waals surface area contributed by atoms with Crippen molar-refractivity contribution in [2.75, 3.05) is 52.7 Å². The molecule has 2 aliphatic rings. The molecule has 79 heavy (non-hydrogen) atoms. The van der Waals surface area contributed by atoms with Gasteiger partial charge in [-0.05, 0) is 152 Å². The third kappa shape index (κ3) is 19.4. The van der Waals surface area contributed by atoms with Gasteiger partial charge in [-0.25, -0.2) is 19.7 Å². The van der Waals surface area contributed by atoms with Crippen LogP contribution in [0.5, 0.6) is 5.75 Å². The molecule has 16 heteroatoms. The first-order valence-electron chi connectivity index (χ1n) is 29.2. The van der Waals surface area contributed by atoms with E-state index in [1.54, 1.807) is 25.4 Å². The first kappa shape index (κ1) is 65.5. The highest BCUT2D eigenvalue weighted by atomic mass is 16.6. The fraction of sp³-hybridized carbons (Fsp3) is 0.603. The van der Waals surface area contributed by atoms with Gasteiger partial charge >= 0.3 is 5.97 Å². The Balaban J connectivity index is 0.00000664. The maximum atomic E-state index is 14.0. The number of hydrogen-bond acceptors (Lipinski definition) is 14. The molecule has 0 radical (unpaired) electrons. The molecule has 0 bridgehead atoms. The summed E-state index contributed by atoms with van der Waals surface area (Å²) in [5, 5.41) is 25.8. The molecule has 16 nitrogen and oxygen atoms in total. The molecule has 0 saturated carbocycles. The minimum absolute atomic E-state index is 0.0418. The lowest BCUT2D eigenvalue weighted by Crippen LogP contribution is -2.57. The van der Waals surface area contributed by atoms with Crippen LogP contribution in [0.25, 0.3) is 16.5 Å². The molecule has 5 rings (SSSR count). The fourth-order valence-electron chi connectivity index (χ4n) is 10.2. The number of carbonyl (C=O) groups excluding carboxylic acids is 4. The monoisotopic (exact) mass is 1090 g/mol. The first-order valence-corrected chi connectivity index (χ1v) is 29.2. The number of benzene rings is 1. The van der Waals surface area contributed by atoms with Crippen LogP contribution in [0.2, 0.25) is 0 Å². The zero-order valence-electron chi connectivity index (χ0n) is 49.8. The molecule has 0 saturated heterocycles. The maximum Gasteiger partial charge on any atom is 0.343 e. The minimum Gasteiger partial charge on any atom is -0.493 e. The number of esters is 1. The van der Waals surface area contributed by atoms with Crippen LogP contribution in [0.15, 0.2) is 54.0 Å². The number of aliphatic hydroxyl groups is 1. The topological polar surface area (TPSA) is 206 Å². The van der Waals surface area contributed by atoms with Gasteiger partial charge in [0.2, 0.25) is 11.8 Å². The van der Waals surface area contributed by atoms with Crippen LogP contribution in [-0.4, -0.2) is 125 Å². The summed E-state index contributed by atoms with van der Waals surface area (Å²) in [5.41, 5.74) is 5.46. The molecule has 5 N–H and O–H groups in total. The van der Waals surface area contributed by atoms with Crippen molar-refractivity contribution in [2.24, 2.45) is 5.92 Å². The second kappa shape index (κ2) is 33.6. The van der Waals surface area contributed by atoms with Gasteiger partial charge in [0.15, 0.2) is 11.4 Å². The summed E-state index contributed by atoms with van der Waals surface area (Å²) in [6.45, 7) is 32.1. The quantitative estimate of drug-likeness (QED) is 0.0171. The van der Waals surface area contributed by atoms with Crippen molar-refractivity contribution in [3.63, 3.8) is 0 Å². The normalized spacial score (nSPS) is 16.2. The number of pyridine rings is 1. The number of amides is 2. The van der Waals surface area contributed by atoms with E-state index in [1.807, 2.05) is 34.6 Å². The Bertz CT molecular complexity index is 2630. The lowest BCUT2D eigenvalue weighted by atomic mass is 9.82. The number of allylic oxidation sites excluding steroid dienone is 1. The number of cyclic esters (lactones) is 1. The molecule has 2 aromatic heterocycles. The third-order valence-electron chi connectivity index (χ3n) is 14.5. The second-order valence-corrected chi connectivity index (χ2v) is 20.9. The summed E-state index contributed by atoms with van der Waals surface area (Å²) in [6, 6.07) is 3.31. The van der Waals surface area contributed by atoms with Crippen LogP contribution >= 0.6 is 0 Å². The van der Waals surface area contributed by atoms with E-state index < -0.39 is 17.6 Å². The Morgan fingerprint density at radius 3 is 2.34 bits per heavy atom. The van der Waals surface area contributed by atoms with E-state index in [0.29, 0.717) is 69.7 Å². The molecule has 0 fully saturated rings. The number of aryl methyl sites for hydroxylation is 2. The van der Waals surface area contributed by atoms with Crippen LogP contribution in [0, 0.1) is 24.7 Å². The fourth-order valence-corrected chi connectivity index (χ4v) is 10.2. The summed E-state index contributed by atoms with van der Waals surface area (Å²) in [4.78, 5) is 69.0. The Morgan fingerprint density at radius 1 is 0.962 bits per heavy atom. The van der Waals surface area contributed by atoms with Gasteiger partial charge in [0.05, 0.1) is 36.0 Å². The number of ether oxygens (including phenoxy) is 3. The van der Waals surface area contributed by atoms with E-state index in [2.05, 4.69) is 101 Å². The summed E-state index contributed by atoms with van der Waals surface area (Å²) in [7, 11) is 0. The van der Waals surface area contributed by atoms with E-state index in [-0.39, 0.29) is 73.0 Å². The number of unbranched alkanes of at least 4 members (excludes halogenated alkanes) is 2. The lowest BCUT2D eigenvalue weighted by molar-refractivity contribution is -0.163. The van der Waals surface area contributed by atoms with Crippen molar-refractivity contribution in [1.82, 2.24) is 41.1 Å². The molecule has 2 aliphatic heterocycles. The number of aromatic nitrogens is 3. The second-order valence-electron chi connectivity index (χ2n) is 20.9. The van der Waals surface area contributed by atoms with Crippen molar-refractivity contribution < 1.29 is 38.5 Å². The largest absolute Gasteiger partial charge is 0.493 e. The summed E-state index contributed by atoms with van der Waals surface area (Å²) in [5.74, 6) is 6.66. The van der Waals surface area contributed by atoms with Crippen molar-refractivity contribution in [3.05, 3.63) is 87.8 Å². The van der Waals surface area contributed by atoms with Crippen molar-refractivity contribution >= 4 is 40.0 Å². The molecular weight excluding hydrogens is 997 g/mol. The smallest absolute Gasteiger partial charge is 0.343 e. The molecule has 1 aromatic carbocycles. The van der Waals surface area contributed by atoms with Crippen molar-refractivity contribution in [2.45, 2.75) is 190 Å². The number of nitrogens with zero attached hydrogens (tertiary/aromatic N) is 4. The highest BCUT2D eigenvalue weighted by Crippen LogP contribution is 2.38. The predicted octanol–water partition coefficient (Wildman–Crippen LogP) is 8.97. The van der Waals surface area contributed by atoms with Crippen LogP contribution in [0.4, 0.5) is 0 Å². The van der Waals surface area contributed by atoms with Crippen LogP contribution in [-0.2, 0) is 47.9 Å². The standard InChI is InChI=1S/C61H88N8O8.C2H6/c1-12-27-69(28-13-2)29-20-19-24-53(66-43(9)57(40(5)6)68-56(71)25-18-16-17-22-46-36-62-45(11)63-37-46)59(72)64-35-42(8)65-39-75-30-21-23-49-48(14-3)58(67-54-33-47-26-31-76-55(47)34-50(49)54)41(7)32-52-51(44(10)70)38-77-60(73)61(52,74)15-4;1-2/h32-34,36-37,40,43,53,57,65-66,74H,8,12-16,18-21,23-31,35,38-39H2,1-7,9-11H3,(H,64,72)(H,68,71);1-2H3/b41-32+;/t43?,53-,57?,61-;/m0./s1. The Labute approximate surface area is 472 Å². The average Bonchev–Trinajstić information content (AvgIpc) is 4.00. The number of ketones is 1. The minimum atomic E-state index is -1.95. The van der Waals surface area contributed by atoms with Gasteiger partial charge in [0.25, 0.3) is 0 Å². The SMILES string of the molecule is C=C(CNC(=O)[C@H](CCCCN(CCC)CCC)NC(C)C(NC(=O)CCCC#Cc1cnc(C)nc1)C(C)C)NCOCCCc1c(CC)c(/C(C)=C/C2=C(C(C)=O)COC(=O)[C@]2(O)CC)nc2cc3c(cc12)OCC3.CC. The number of fused-ring (bicyclic) bond motifs is 2. The van der Waals surface area contributed by atoms with Crippen LogP contribution in [0.3, 0.4) is 0 Å². The van der Waals surface area contributed by atoms with Gasteiger partial charge in [-0.1, -0.05) is 80.2 Å². The van der Waals surface area contributed by atoms with Gasteiger partial charge in [-0.15, -0.1) is 0 Å². The number of carbonyl (C=O) groups is 4. The van der Waals surface area contributed by atoms with Gasteiger partial charge in [-0.2, -0.15) is 0 Å². The van der Waals surface area contributed by atoms with Gasteiger partial charge in [0.1, 0.15) is 24.9 Å². The molecule has 2 unspecified atom stereocenters. The predicted molar refractivity (Wildman–Crippen MR) is 315 cm³/mol. The average molecular weight is 1090 g/mol. The van der Waals surface area contributed by atoms with E-state index in [4.69, 9.17) is 19.2 Å². The van der Waals surface area contributed by atoms with Crippen LogP contribution < -0.4 is 26.0 Å². The first-order chi connectivity index (χ1) is 37.9. The van der Waals surface area contributed by atoms with Gasteiger partial charge in [-0.3, -0.25) is 14.4 Å². The molecule has 3 aromatic rings. The van der Waals surface area contributed by atoms with Crippen molar-refractivity contribution in [1.29, 1.82) is 0 Å². The number of Topliss-reactive ketones (excluding diaryl/α,β-unsaturated/α-hetero) is 1. The molecule has 434 valence electrons. The molecule has 0 spiro atoms. The van der Waals surface area contributed by atoms with E-state index in [9.17, 15) is 24.3 Å². The molecule has 4 heterocycles. The number of nitrogens with one attached hydrogen (secondary N) is 4. The van der Waals surface area contributed by atoms with E-state index in [1.165, 1.54) is 6.92 Å². The zero-order valence-corrected chi connectivity index (χ0v) is 49.8. The number of hydrogen-bond donors (Lipinski definition) is 5. The lowest BCUT2D eigenvalue weighted by Gasteiger charge is -2.32. The molecule has 2 amide bonds. The zero-order chi connectivity index (χ0) is 58.1. The van der Waals surface area contributed by atoms with E-state index in [0.717, 1.165) is 102 Å². The molecular formula is C63H94N8O8. The van der Waals surface area contributed by atoms with Crippen molar-refractivity contribution in [3.8, 4) is 17.6 Å². The Morgan fingerprint density at radius 2 is 1.68 bits per heavy atom. The van der Waals surface area contributed by atoms with Gasteiger partial charge < -0.3 is 45.5 Å². The number of rotatable bonds is 32. The van der Waals surface area contributed by atoms with Gasteiger partial charge in [0, 0.05) is 72.6 Å². The summed E-state index contributed by atoms with van der Waals surface area (Å²) >= 11 is 0. The summed E-state index contributed by atoms with van der Waals surface area (Å²) in [6.07, 6.45) is 14.2. The molecule has 0 aliphatic carbocycles. The Kier molecular flexibility index (Phi) is 27.8. The van der Waals surface area contributed by atoms with Crippen LogP contribution in [0.1, 0.15) is 174 Å².